The molecule has 1 aromatic rings. The average Bonchev–Trinajstić information content (AvgIpc) is 3.18. The number of amides is 2. The average molecular weight is 447 g/mol. The number of carboxylic acids is 1. The van der Waals surface area contributed by atoms with Crippen LogP contribution in [0.15, 0.2) is 15.9 Å². The summed E-state index contributed by atoms with van der Waals surface area (Å²) in [5, 5.41) is 11.8. The number of aliphatic carboxylic acids is 1. The molecule has 29 heavy (non-hydrogen) atoms. The highest BCUT2D eigenvalue weighted by atomic mass is 32.2. The van der Waals surface area contributed by atoms with Gasteiger partial charge >= 0.3 is 12.0 Å². The molecule has 2 amide bonds. The van der Waals surface area contributed by atoms with Gasteiger partial charge in [-0.2, -0.15) is 4.72 Å². The molecule has 2 rings (SSSR count). The Hall–Kier alpha value is -1.72. The lowest BCUT2D eigenvalue weighted by atomic mass is 9.86. The zero-order valence-electron chi connectivity index (χ0n) is 17.0. The minimum absolute atomic E-state index is 0.0255. The molecule has 0 aromatic carbocycles. The third-order valence-corrected chi connectivity index (χ3v) is 7.79. The predicted molar refractivity (Wildman–Crippen MR) is 110 cm³/mol. The first-order valence-corrected chi connectivity index (χ1v) is 12.2. The van der Waals surface area contributed by atoms with E-state index in [0.717, 1.165) is 49.6 Å². The predicted octanol–water partition coefficient (Wildman–Crippen LogP) is 2.47. The Labute approximate surface area is 175 Å². The van der Waals surface area contributed by atoms with Crippen molar-refractivity contribution < 1.29 is 23.1 Å². The number of carbonyl (C=O) groups is 2. The minimum Gasteiger partial charge on any atom is -0.479 e. The summed E-state index contributed by atoms with van der Waals surface area (Å²) in [4.78, 5) is 29.9. The summed E-state index contributed by atoms with van der Waals surface area (Å²) in [6.07, 6.45) is 3.88. The molecule has 1 fully saturated rings. The zero-order chi connectivity index (χ0) is 21.6. The van der Waals surface area contributed by atoms with Gasteiger partial charge in [-0.1, -0.05) is 20.8 Å². The number of nitrogens with one attached hydrogen (secondary N) is 2. The Morgan fingerprint density at radius 2 is 1.97 bits per heavy atom. The molecule has 0 radical (unpaired) electrons. The van der Waals surface area contributed by atoms with Crippen LogP contribution in [0.4, 0.5) is 4.79 Å². The second-order valence-electron chi connectivity index (χ2n) is 7.95. The number of hydrogen-bond acceptors (Lipinski definition) is 6. The molecule has 164 valence electrons. The first-order valence-electron chi connectivity index (χ1n) is 9.81. The van der Waals surface area contributed by atoms with E-state index in [-0.39, 0.29) is 10.3 Å². The molecule has 0 spiro atoms. The van der Waals surface area contributed by atoms with Gasteiger partial charge in [0.05, 0.1) is 11.7 Å². The quantitative estimate of drug-likeness (QED) is 0.500. The van der Waals surface area contributed by atoms with Crippen LogP contribution in [0.5, 0.6) is 0 Å². The van der Waals surface area contributed by atoms with Crippen LogP contribution in [0.3, 0.4) is 0 Å². The first kappa shape index (κ1) is 23.6. The van der Waals surface area contributed by atoms with Gasteiger partial charge in [-0.3, -0.25) is 4.98 Å². The van der Waals surface area contributed by atoms with E-state index in [1.165, 1.54) is 5.51 Å². The fourth-order valence-corrected chi connectivity index (χ4v) is 5.21. The molecule has 1 saturated carbocycles. The largest absolute Gasteiger partial charge is 0.479 e. The van der Waals surface area contributed by atoms with Crippen LogP contribution in [0, 0.1) is 11.8 Å². The molecule has 1 unspecified atom stereocenters. The van der Waals surface area contributed by atoms with Crippen LogP contribution in [0.1, 0.15) is 52.9 Å². The maximum absolute atomic E-state index is 12.9. The van der Waals surface area contributed by atoms with Gasteiger partial charge < -0.3 is 15.3 Å². The maximum atomic E-state index is 12.9. The highest BCUT2D eigenvalue weighted by Crippen LogP contribution is 2.27. The van der Waals surface area contributed by atoms with E-state index < -0.39 is 28.2 Å². The number of sulfonamides is 1. The van der Waals surface area contributed by atoms with Crippen molar-refractivity contribution in [3.63, 3.8) is 0 Å². The number of urea groups is 1. The van der Waals surface area contributed by atoms with Gasteiger partial charge in [0.15, 0.2) is 10.4 Å². The molecule has 1 aliphatic rings. The molecule has 1 aliphatic carbocycles. The van der Waals surface area contributed by atoms with E-state index in [2.05, 4.69) is 31.1 Å². The van der Waals surface area contributed by atoms with E-state index in [9.17, 15) is 23.1 Å². The SMILES string of the molecule is CC(C)CCN(C(=O)NC(NS(=O)(=O)c1cncs1)C(=O)O)[C@H]1CC[C@H](C)CC1. The number of nitrogens with zero attached hydrogens (tertiary/aromatic N) is 2. The fourth-order valence-electron chi connectivity index (χ4n) is 3.30. The van der Waals surface area contributed by atoms with E-state index >= 15 is 0 Å². The number of carbonyl (C=O) groups excluding carboxylic acids is 1. The summed E-state index contributed by atoms with van der Waals surface area (Å²) in [7, 11) is -4.10. The Morgan fingerprint density at radius 1 is 1.31 bits per heavy atom. The number of thiazole rings is 1. The van der Waals surface area contributed by atoms with Crippen LogP contribution in [0.2, 0.25) is 0 Å². The Kier molecular flexibility index (Phi) is 8.41. The number of hydrogen-bond donors (Lipinski definition) is 3. The molecule has 1 aromatic heterocycles. The van der Waals surface area contributed by atoms with Crippen molar-refractivity contribution in [2.24, 2.45) is 11.8 Å². The van der Waals surface area contributed by atoms with Crippen LogP contribution in [-0.2, 0) is 14.8 Å². The van der Waals surface area contributed by atoms with E-state index in [1.807, 2.05) is 4.72 Å². The fraction of sp³-hybridized carbons (Fsp3) is 0.722. The Balaban J connectivity index is 2.11. The summed E-state index contributed by atoms with van der Waals surface area (Å²) < 4.78 is 26.6. The summed E-state index contributed by atoms with van der Waals surface area (Å²) in [6.45, 7) is 6.80. The number of carboxylic acid groups (broad SMARTS) is 1. The van der Waals surface area contributed by atoms with Gasteiger partial charge in [0.1, 0.15) is 0 Å². The van der Waals surface area contributed by atoms with Crippen molar-refractivity contribution in [3.8, 4) is 0 Å². The smallest absolute Gasteiger partial charge is 0.342 e. The Bertz CT molecular complexity index is 774. The first-order chi connectivity index (χ1) is 13.6. The van der Waals surface area contributed by atoms with E-state index in [1.54, 1.807) is 4.90 Å². The van der Waals surface area contributed by atoms with Crippen molar-refractivity contribution in [2.45, 2.75) is 69.3 Å². The van der Waals surface area contributed by atoms with Gasteiger partial charge in [-0.25, -0.2) is 18.0 Å². The summed E-state index contributed by atoms with van der Waals surface area (Å²) >= 11 is 0.865. The standard InChI is InChI=1S/C18H30N4O5S2/c1-12(2)8-9-22(14-6-4-13(3)5-7-14)18(25)20-16(17(23)24)21-29(26,27)15-10-19-11-28-15/h10-14,16,21H,4-9H2,1-3H3,(H,20,25)(H,23,24)/t13-,14-,16?. The van der Waals surface area contributed by atoms with Gasteiger partial charge in [0.2, 0.25) is 0 Å². The third kappa shape index (κ3) is 6.93. The molecule has 1 atom stereocenters. The highest BCUT2D eigenvalue weighted by Gasteiger charge is 2.32. The lowest BCUT2D eigenvalue weighted by Gasteiger charge is -2.37. The van der Waals surface area contributed by atoms with Crippen LogP contribution >= 0.6 is 11.3 Å². The molecular weight excluding hydrogens is 416 g/mol. The lowest BCUT2D eigenvalue weighted by molar-refractivity contribution is -0.139. The summed E-state index contributed by atoms with van der Waals surface area (Å²) in [5.74, 6) is -0.486. The minimum atomic E-state index is -4.10. The van der Waals surface area contributed by atoms with Crippen molar-refractivity contribution >= 4 is 33.4 Å². The molecule has 11 heteroatoms. The third-order valence-electron chi connectivity index (χ3n) is 5.10. The molecule has 9 nitrogen and oxygen atoms in total. The molecule has 1 heterocycles. The van der Waals surface area contributed by atoms with Crippen LogP contribution < -0.4 is 10.0 Å². The monoisotopic (exact) mass is 446 g/mol. The maximum Gasteiger partial charge on any atom is 0.342 e. The van der Waals surface area contributed by atoms with E-state index in [4.69, 9.17) is 0 Å². The highest BCUT2D eigenvalue weighted by molar-refractivity contribution is 7.91. The van der Waals surface area contributed by atoms with Crippen molar-refractivity contribution in [1.29, 1.82) is 0 Å². The van der Waals surface area contributed by atoms with Gasteiger partial charge in [0, 0.05) is 12.6 Å². The Morgan fingerprint density at radius 3 is 2.48 bits per heavy atom. The van der Waals surface area contributed by atoms with Gasteiger partial charge in [-0.15, -0.1) is 11.3 Å². The van der Waals surface area contributed by atoms with Crippen molar-refractivity contribution in [2.75, 3.05) is 6.54 Å². The lowest BCUT2D eigenvalue weighted by Crippen LogP contribution is -2.58. The normalized spacial score (nSPS) is 21.0. The van der Waals surface area contributed by atoms with Gasteiger partial charge in [-0.05, 0) is 43.9 Å². The van der Waals surface area contributed by atoms with Crippen LogP contribution in [-0.4, -0.2) is 54.2 Å². The summed E-state index contributed by atoms with van der Waals surface area (Å²) in [5.41, 5.74) is 1.33. The topological polar surface area (TPSA) is 129 Å². The van der Waals surface area contributed by atoms with Gasteiger partial charge in [0.25, 0.3) is 10.0 Å². The van der Waals surface area contributed by atoms with E-state index in [0.29, 0.717) is 18.4 Å². The van der Waals surface area contributed by atoms with Crippen LogP contribution in [0.25, 0.3) is 0 Å². The van der Waals surface area contributed by atoms with Crippen molar-refractivity contribution in [3.05, 3.63) is 11.7 Å². The zero-order valence-corrected chi connectivity index (χ0v) is 18.6. The molecule has 0 bridgehead atoms. The van der Waals surface area contributed by atoms with Crippen molar-refractivity contribution in [1.82, 2.24) is 19.9 Å². The summed E-state index contributed by atoms with van der Waals surface area (Å²) in [6, 6.07) is -0.540. The molecule has 3 N–H and O–H groups in total. The second kappa shape index (κ2) is 10.4. The number of aromatic nitrogens is 1. The molecule has 0 saturated heterocycles. The number of rotatable bonds is 9. The molecular formula is C18H30N4O5S2. The molecule has 0 aliphatic heterocycles. The second-order valence-corrected chi connectivity index (χ2v) is 10.8.